The van der Waals surface area contributed by atoms with Crippen LogP contribution in [0.3, 0.4) is 0 Å². The SMILES string of the molecule is Cc1ccc2[n+](c1)C13/C=C(/c4ccccc4-c4ccc-2c(c4)C1)C12/C=C4\C=C/3c3ccccc3-c3ccc5c(c3)C(C1c1cc(ccc1-c1ccc(C)c[n+]12)-c1ccccc14)[n+]1c(-c2ccccc2)cccc1-5. The lowest BCUT2D eigenvalue weighted by molar-refractivity contribution is -0.755. The van der Waals surface area contributed by atoms with Gasteiger partial charge < -0.3 is 0 Å². The normalized spacial score (nSPS) is 22.9. The minimum absolute atomic E-state index is 0.164. The van der Waals surface area contributed by atoms with Crippen LogP contribution in [0.4, 0.5) is 0 Å². The Balaban J connectivity index is 1.19. The van der Waals surface area contributed by atoms with E-state index >= 15 is 0 Å². The monoisotopic (exact) mass is 930 g/mol. The summed E-state index contributed by atoms with van der Waals surface area (Å²) < 4.78 is 8.21. The van der Waals surface area contributed by atoms with Crippen molar-refractivity contribution in [2.75, 3.05) is 0 Å². The van der Waals surface area contributed by atoms with Gasteiger partial charge in [-0.1, -0.05) is 109 Å². The fourth-order valence-electron chi connectivity index (χ4n) is 15.0. The number of fused-ring (bicyclic) bond motifs is 12. The first-order valence-electron chi connectivity index (χ1n) is 26.0. The number of rotatable bonds is 1. The van der Waals surface area contributed by atoms with Crippen LogP contribution in [0, 0.1) is 13.8 Å². The quantitative estimate of drug-likeness (QED) is 0.145. The van der Waals surface area contributed by atoms with Crippen molar-refractivity contribution in [3.05, 3.63) is 275 Å². The van der Waals surface area contributed by atoms with Gasteiger partial charge in [-0.25, -0.2) is 0 Å². The Morgan fingerprint density at radius 2 is 0.959 bits per heavy atom. The summed E-state index contributed by atoms with van der Waals surface area (Å²) in [6.07, 6.45) is 14.0. The van der Waals surface area contributed by atoms with Gasteiger partial charge in [0.25, 0.3) is 0 Å². The van der Waals surface area contributed by atoms with Gasteiger partial charge in [0.15, 0.2) is 18.4 Å². The molecule has 0 amide bonds. The van der Waals surface area contributed by atoms with Gasteiger partial charge in [-0.3, -0.25) is 0 Å². The van der Waals surface area contributed by atoms with Crippen molar-refractivity contribution in [2.45, 2.75) is 43.3 Å². The van der Waals surface area contributed by atoms with E-state index in [0.29, 0.717) is 0 Å². The first-order chi connectivity index (χ1) is 35.9. The molecular formula is C70H48N3+3. The van der Waals surface area contributed by atoms with Gasteiger partial charge in [0.1, 0.15) is 5.92 Å². The molecule has 5 aliphatic carbocycles. The second-order valence-corrected chi connectivity index (χ2v) is 21.6. The number of pyridine rings is 3. The first-order valence-corrected chi connectivity index (χ1v) is 26.0. The van der Waals surface area contributed by atoms with E-state index in [-0.39, 0.29) is 12.0 Å². The van der Waals surface area contributed by atoms with E-state index in [1.807, 2.05) is 0 Å². The molecule has 3 aromatic heterocycles. The lowest BCUT2D eigenvalue weighted by atomic mass is 9.60. The van der Waals surface area contributed by atoms with E-state index < -0.39 is 11.1 Å². The summed E-state index contributed by atoms with van der Waals surface area (Å²) in [5.74, 6) is -0.179. The van der Waals surface area contributed by atoms with Gasteiger partial charge in [-0.2, -0.15) is 13.7 Å². The van der Waals surface area contributed by atoms with Gasteiger partial charge in [-0.05, 0) is 153 Å². The number of hydrogen-bond acceptors (Lipinski definition) is 0. The first kappa shape index (κ1) is 39.9. The largest absolute Gasteiger partial charge is 0.227 e. The maximum Gasteiger partial charge on any atom is 0.227 e. The van der Waals surface area contributed by atoms with Crippen LogP contribution in [-0.2, 0) is 17.5 Å². The maximum atomic E-state index is 2.81. The average Bonchev–Trinajstić information content (AvgIpc) is 3.77. The number of allylic oxidation sites excluding steroid dienone is 6. The van der Waals surface area contributed by atoms with E-state index in [0.717, 1.165) is 6.42 Å². The number of aryl methyl sites for hydroxylation is 2. The van der Waals surface area contributed by atoms with Crippen LogP contribution in [0.25, 0.3) is 95.1 Å². The number of aromatic nitrogens is 3. The molecule has 0 saturated heterocycles. The Labute approximate surface area is 425 Å². The zero-order valence-corrected chi connectivity index (χ0v) is 40.6. The molecule has 7 aromatic carbocycles. The van der Waals surface area contributed by atoms with E-state index in [1.165, 1.54) is 140 Å². The summed E-state index contributed by atoms with van der Waals surface area (Å²) in [6, 6.07) is 77.7. The minimum Gasteiger partial charge on any atom is -0.184 e. The molecule has 3 aliphatic heterocycles. The molecule has 8 aliphatic rings. The molecule has 12 bridgehead atoms. The Bertz CT molecular complexity index is 4280. The lowest BCUT2D eigenvalue weighted by Gasteiger charge is -2.44. The van der Waals surface area contributed by atoms with Crippen LogP contribution in [0.5, 0.6) is 0 Å². The summed E-state index contributed by atoms with van der Waals surface area (Å²) in [6.45, 7) is 4.55. The summed E-state index contributed by atoms with van der Waals surface area (Å²) >= 11 is 0. The molecule has 2 spiro atoms. The maximum absolute atomic E-state index is 2.81. The zero-order chi connectivity index (χ0) is 47.9. The summed E-state index contributed by atoms with van der Waals surface area (Å²) in [5, 5.41) is 0. The van der Waals surface area contributed by atoms with Crippen molar-refractivity contribution in [3.8, 4) is 78.4 Å². The number of benzene rings is 7. The molecule has 0 saturated carbocycles. The van der Waals surface area contributed by atoms with E-state index in [9.17, 15) is 0 Å². The van der Waals surface area contributed by atoms with Crippen LogP contribution in [0.2, 0.25) is 0 Å². The zero-order valence-electron chi connectivity index (χ0n) is 40.6. The molecule has 0 N–H and O–H groups in total. The van der Waals surface area contributed by atoms with Crippen molar-refractivity contribution in [1.29, 1.82) is 0 Å². The van der Waals surface area contributed by atoms with Crippen molar-refractivity contribution in [3.63, 3.8) is 0 Å². The third kappa shape index (κ3) is 5.07. The molecular weight excluding hydrogens is 883 g/mol. The third-order valence-corrected chi connectivity index (χ3v) is 17.9. The van der Waals surface area contributed by atoms with E-state index in [4.69, 9.17) is 0 Å². The summed E-state index contributed by atoms with van der Waals surface area (Å²) in [5.41, 5.74) is 30.1. The topological polar surface area (TPSA) is 11.6 Å². The number of hydrogen-bond donors (Lipinski definition) is 0. The molecule has 3 nitrogen and oxygen atoms in total. The van der Waals surface area contributed by atoms with Crippen molar-refractivity contribution >= 4 is 16.7 Å². The van der Waals surface area contributed by atoms with Crippen molar-refractivity contribution in [1.82, 2.24) is 0 Å². The second-order valence-electron chi connectivity index (χ2n) is 21.6. The molecule has 4 unspecified atom stereocenters. The van der Waals surface area contributed by atoms with E-state index in [2.05, 4.69) is 258 Å². The summed E-state index contributed by atoms with van der Waals surface area (Å²) in [7, 11) is 0. The van der Waals surface area contributed by atoms with Crippen LogP contribution in [0.15, 0.2) is 231 Å². The second kappa shape index (κ2) is 14.0. The Hall–Kier alpha value is -8.79. The molecule has 0 radical (unpaired) electrons. The van der Waals surface area contributed by atoms with Crippen LogP contribution in [-0.4, -0.2) is 0 Å². The Morgan fingerprint density at radius 3 is 1.68 bits per heavy atom. The molecule has 18 rings (SSSR count). The van der Waals surface area contributed by atoms with E-state index in [1.54, 1.807) is 0 Å². The van der Waals surface area contributed by atoms with Crippen molar-refractivity contribution < 1.29 is 13.7 Å². The van der Waals surface area contributed by atoms with Crippen LogP contribution < -0.4 is 13.7 Å². The predicted molar refractivity (Wildman–Crippen MR) is 292 cm³/mol. The van der Waals surface area contributed by atoms with Gasteiger partial charge in [0.2, 0.25) is 33.9 Å². The highest BCUT2D eigenvalue weighted by Crippen LogP contribution is 2.62. The molecule has 3 heteroatoms. The molecule has 73 heavy (non-hydrogen) atoms. The highest BCUT2D eigenvalue weighted by Gasteiger charge is 2.66. The molecule has 0 fully saturated rings. The predicted octanol–water partition coefficient (Wildman–Crippen LogP) is 14.4. The highest BCUT2D eigenvalue weighted by atomic mass is 15.1. The van der Waals surface area contributed by atoms with Gasteiger partial charge in [-0.15, -0.1) is 0 Å². The fraction of sp³-hybridized carbons (Fsp3) is 0.100. The molecule has 340 valence electrons. The number of nitrogens with zero attached hydrogens (tertiary/aromatic N) is 3. The molecule has 10 aromatic rings. The smallest absolute Gasteiger partial charge is 0.184 e. The third-order valence-electron chi connectivity index (χ3n) is 17.9. The van der Waals surface area contributed by atoms with Gasteiger partial charge in [0, 0.05) is 81.8 Å². The molecule has 6 heterocycles. The van der Waals surface area contributed by atoms with Gasteiger partial charge >= 0.3 is 0 Å². The Kier molecular flexibility index (Phi) is 7.64. The standard InChI is InChI=1S/C70H48N3/c1-42-23-31-64-54-28-25-45-33-48(54)37-69(71(64)40-42)39-62(56-20-11-9-16-51(45)56)70-38-49-36-61(69)55-19-10-8-17-52(55)47-27-30-58-60(35-47)68(73-63(21-12-22-66(58)73)44-13-4-3-5-14-44)67(70)59-34-46(50-15-6-7-18-53(49)50)26-29-57(59)65-32-24-43(2)41-72(65)70/h3-36,38-41,67-68H,37H2,1-2H3/q+3/b49-38+,61-36-,62-39-. The minimum atomic E-state index is -0.845. The van der Waals surface area contributed by atoms with Crippen molar-refractivity contribution in [2.24, 2.45) is 0 Å². The van der Waals surface area contributed by atoms with Gasteiger partial charge in [0.05, 0.1) is 11.1 Å². The lowest BCUT2D eigenvalue weighted by Crippen LogP contribution is -2.67. The fourth-order valence-corrected chi connectivity index (χ4v) is 15.0. The van der Waals surface area contributed by atoms with Crippen LogP contribution >= 0.6 is 0 Å². The highest BCUT2D eigenvalue weighted by molar-refractivity contribution is 6.01. The Morgan fingerprint density at radius 1 is 0.397 bits per heavy atom. The van der Waals surface area contributed by atoms with Crippen LogP contribution in [0.1, 0.15) is 56.5 Å². The average molecular weight is 931 g/mol. The summed E-state index contributed by atoms with van der Waals surface area (Å²) in [4.78, 5) is 0. The molecule has 4 atom stereocenters.